The molecule has 1 atom stereocenters. The molecule has 7 heteroatoms. The Morgan fingerprint density at radius 3 is 2.44 bits per heavy atom. The molecule has 0 aromatic heterocycles. The quantitative estimate of drug-likeness (QED) is 0.893. The van der Waals surface area contributed by atoms with E-state index in [1.807, 2.05) is 0 Å². The maximum absolute atomic E-state index is 12.6. The van der Waals surface area contributed by atoms with Crippen molar-refractivity contribution >= 4 is 24.0 Å². The number of hydrogen-bond donors (Lipinski definition) is 2. The Kier molecular flexibility index (Phi) is 6.99. The average Bonchev–Trinajstić information content (AvgIpc) is 2.25. The van der Waals surface area contributed by atoms with Crippen molar-refractivity contribution in [1.29, 1.82) is 0 Å². The summed E-state index contributed by atoms with van der Waals surface area (Å²) in [6.07, 6.45) is -3.61. The summed E-state index contributed by atoms with van der Waals surface area (Å²) < 4.78 is 37.7. The summed E-state index contributed by atoms with van der Waals surface area (Å²) in [5.41, 5.74) is 5.21. The molecule has 1 aromatic carbocycles. The minimum Gasteiger partial charge on any atom is -0.396 e. The van der Waals surface area contributed by atoms with Gasteiger partial charge < -0.3 is 10.8 Å². The first-order chi connectivity index (χ1) is 7.86. The zero-order valence-corrected chi connectivity index (χ0v) is 10.9. The fourth-order valence-electron chi connectivity index (χ4n) is 1.47. The van der Waals surface area contributed by atoms with Crippen LogP contribution in [0.5, 0.6) is 0 Å². The monoisotopic (exact) mass is 303 g/mol. The third-order valence-electron chi connectivity index (χ3n) is 2.40. The molecule has 104 valence electrons. The van der Waals surface area contributed by atoms with Crippen LogP contribution < -0.4 is 5.73 Å². The molecule has 2 nitrogen and oxygen atoms in total. The summed E-state index contributed by atoms with van der Waals surface area (Å²) in [5.74, 6) is 0. The van der Waals surface area contributed by atoms with Crippen LogP contribution in [0.3, 0.4) is 0 Å². The second-order valence-corrected chi connectivity index (χ2v) is 4.12. The van der Waals surface area contributed by atoms with Crippen molar-refractivity contribution in [2.24, 2.45) is 5.73 Å². The number of halogens is 5. The summed E-state index contributed by atoms with van der Waals surface area (Å²) in [5, 5.41) is 8.30. The molecule has 0 radical (unpaired) electrons. The van der Waals surface area contributed by atoms with E-state index in [2.05, 4.69) is 0 Å². The summed E-state index contributed by atoms with van der Waals surface area (Å²) in [4.78, 5) is 0. The van der Waals surface area contributed by atoms with E-state index in [4.69, 9.17) is 22.4 Å². The molecule has 0 aliphatic heterocycles. The average molecular weight is 304 g/mol. The molecule has 0 aliphatic rings. The lowest BCUT2D eigenvalue weighted by atomic mass is 10.0. The van der Waals surface area contributed by atoms with E-state index >= 15 is 0 Å². The zero-order valence-electron chi connectivity index (χ0n) is 9.38. The predicted octanol–water partition coefficient (Wildman–Crippen LogP) is 3.55. The van der Waals surface area contributed by atoms with E-state index < -0.39 is 17.8 Å². The van der Waals surface area contributed by atoms with Crippen LogP contribution in [-0.2, 0) is 6.18 Å². The minimum absolute atomic E-state index is 0. The van der Waals surface area contributed by atoms with E-state index in [9.17, 15) is 13.2 Å². The van der Waals surface area contributed by atoms with Gasteiger partial charge in [0.15, 0.2) is 0 Å². The lowest BCUT2D eigenvalue weighted by Crippen LogP contribution is -2.13. The highest BCUT2D eigenvalue weighted by Gasteiger charge is 2.33. The van der Waals surface area contributed by atoms with Crippen LogP contribution in [0.4, 0.5) is 13.2 Å². The van der Waals surface area contributed by atoms with Crippen molar-refractivity contribution in [2.75, 3.05) is 6.61 Å². The van der Waals surface area contributed by atoms with Crippen molar-refractivity contribution < 1.29 is 18.3 Å². The highest BCUT2D eigenvalue weighted by atomic mass is 35.5. The third-order valence-corrected chi connectivity index (χ3v) is 2.73. The molecule has 0 unspecified atom stereocenters. The molecular weight excluding hydrogens is 290 g/mol. The van der Waals surface area contributed by atoms with Gasteiger partial charge in [-0.1, -0.05) is 17.7 Å². The molecule has 1 rings (SSSR count). The molecule has 0 bridgehead atoms. The summed E-state index contributed by atoms with van der Waals surface area (Å²) in [7, 11) is 0. The maximum Gasteiger partial charge on any atom is 0.417 e. The Hall–Kier alpha value is -0.490. The van der Waals surface area contributed by atoms with Crippen LogP contribution in [0.25, 0.3) is 0 Å². The maximum atomic E-state index is 12.6. The van der Waals surface area contributed by atoms with E-state index in [-0.39, 0.29) is 24.0 Å². The zero-order chi connectivity index (χ0) is 13.1. The van der Waals surface area contributed by atoms with Crippen molar-refractivity contribution in [3.63, 3.8) is 0 Å². The molecular formula is C11H14Cl2F3NO. The number of nitrogens with two attached hydrogens (primary N) is 1. The standard InChI is InChI=1S/C11H13ClF3NO.ClH/c12-9-4-3-7(10(16)2-1-5-17)6-8(9)11(13,14)15;/h3-4,6,10,17H,1-2,5,16H2;1H/t10-;/m0./s1. The van der Waals surface area contributed by atoms with Crippen LogP contribution in [0.15, 0.2) is 18.2 Å². The van der Waals surface area contributed by atoms with Gasteiger partial charge in [0.2, 0.25) is 0 Å². The highest BCUT2D eigenvalue weighted by molar-refractivity contribution is 6.31. The molecule has 18 heavy (non-hydrogen) atoms. The van der Waals surface area contributed by atoms with E-state index in [0.717, 1.165) is 6.07 Å². The van der Waals surface area contributed by atoms with Crippen LogP contribution in [0, 0.1) is 0 Å². The summed E-state index contributed by atoms with van der Waals surface area (Å²) in [6.45, 7) is -0.0343. The molecule has 0 aliphatic carbocycles. The van der Waals surface area contributed by atoms with E-state index in [1.54, 1.807) is 0 Å². The van der Waals surface area contributed by atoms with Gasteiger partial charge in [-0.3, -0.25) is 0 Å². The largest absolute Gasteiger partial charge is 0.417 e. The first kappa shape index (κ1) is 17.5. The third kappa shape index (κ3) is 4.65. The molecule has 0 fully saturated rings. The first-order valence-electron chi connectivity index (χ1n) is 5.09. The summed E-state index contributed by atoms with van der Waals surface area (Å²) in [6, 6.07) is 3.10. The van der Waals surface area contributed by atoms with Crippen molar-refractivity contribution in [3.05, 3.63) is 34.3 Å². The van der Waals surface area contributed by atoms with Gasteiger partial charge in [0.1, 0.15) is 0 Å². The SMILES string of the molecule is Cl.N[C@@H](CCCO)c1ccc(Cl)c(C(F)(F)F)c1. The Labute approximate surface area is 114 Å². The topological polar surface area (TPSA) is 46.2 Å². The van der Waals surface area contributed by atoms with Gasteiger partial charge in [0, 0.05) is 12.6 Å². The lowest BCUT2D eigenvalue weighted by molar-refractivity contribution is -0.137. The van der Waals surface area contributed by atoms with Crippen molar-refractivity contribution in [2.45, 2.75) is 25.1 Å². The van der Waals surface area contributed by atoms with Gasteiger partial charge in [0.25, 0.3) is 0 Å². The lowest BCUT2D eigenvalue weighted by Gasteiger charge is -2.15. The molecule has 0 heterocycles. The number of benzene rings is 1. The van der Waals surface area contributed by atoms with Crippen LogP contribution >= 0.6 is 24.0 Å². The van der Waals surface area contributed by atoms with Crippen LogP contribution in [0.1, 0.15) is 30.0 Å². The molecule has 1 aromatic rings. The predicted molar refractivity (Wildman–Crippen MR) is 67.0 cm³/mol. The summed E-state index contributed by atoms with van der Waals surface area (Å²) >= 11 is 5.49. The van der Waals surface area contributed by atoms with Crippen molar-refractivity contribution in [1.82, 2.24) is 0 Å². The number of aliphatic hydroxyl groups excluding tert-OH is 1. The van der Waals surface area contributed by atoms with Crippen molar-refractivity contribution in [3.8, 4) is 0 Å². The van der Waals surface area contributed by atoms with E-state index in [0.29, 0.717) is 18.4 Å². The number of rotatable bonds is 4. The van der Waals surface area contributed by atoms with Gasteiger partial charge in [0.05, 0.1) is 10.6 Å². The fraction of sp³-hybridized carbons (Fsp3) is 0.455. The van der Waals surface area contributed by atoms with Gasteiger partial charge in [-0.25, -0.2) is 0 Å². The van der Waals surface area contributed by atoms with Crippen LogP contribution in [0.2, 0.25) is 5.02 Å². The van der Waals surface area contributed by atoms with Crippen LogP contribution in [-0.4, -0.2) is 11.7 Å². The molecule has 0 spiro atoms. The molecule has 0 saturated carbocycles. The van der Waals surface area contributed by atoms with Gasteiger partial charge in [-0.05, 0) is 30.5 Å². The number of hydrogen-bond acceptors (Lipinski definition) is 2. The Morgan fingerprint density at radius 2 is 1.94 bits per heavy atom. The molecule has 0 saturated heterocycles. The Balaban J connectivity index is 0.00000289. The van der Waals surface area contributed by atoms with Gasteiger partial charge >= 0.3 is 6.18 Å². The first-order valence-corrected chi connectivity index (χ1v) is 5.47. The number of alkyl halides is 3. The van der Waals surface area contributed by atoms with Gasteiger partial charge in [-0.15, -0.1) is 12.4 Å². The Bertz CT molecular complexity index is 385. The second kappa shape index (κ2) is 7.19. The number of aliphatic hydroxyl groups is 1. The minimum atomic E-state index is -4.48. The van der Waals surface area contributed by atoms with Gasteiger partial charge in [-0.2, -0.15) is 13.2 Å². The Morgan fingerprint density at radius 1 is 1.33 bits per heavy atom. The normalized spacial score (nSPS) is 13.0. The van der Waals surface area contributed by atoms with E-state index in [1.165, 1.54) is 12.1 Å². The molecule has 3 N–H and O–H groups in total. The molecule has 0 amide bonds. The highest BCUT2D eigenvalue weighted by Crippen LogP contribution is 2.36. The second-order valence-electron chi connectivity index (χ2n) is 3.71. The fourth-order valence-corrected chi connectivity index (χ4v) is 1.69. The smallest absolute Gasteiger partial charge is 0.396 e.